The van der Waals surface area contributed by atoms with E-state index in [0.717, 1.165) is 17.7 Å². The van der Waals surface area contributed by atoms with E-state index in [9.17, 15) is 9.18 Å². The Hall–Kier alpha value is -2.27. The number of pyridine rings is 1. The highest BCUT2D eigenvalue weighted by Crippen LogP contribution is 2.56. The van der Waals surface area contributed by atoms with Gasteiger partial charge >= 0.3 is 0 Å². The summed E-state index contributed by atoms with van der Waals surface area (Å²) in [5.74, 6) is 0.747. The molecule has 2 N–H and O–H groups in total. The molecule has 1 aliphatic heterocycles. The topological polar surface area (TPSA) is 59.2 Å². The number of nitrogens with two attached hydrogens (primary N) is 1. The minimum Gasteiger partial charge on any atom is -0.324 e. The normalized spacial score (nSPS) is 26.6. The molecule has 0 unspecified atom stereocenters. The van der Waals surface area contributed by atoms with Crippen LogP contribution in [0.15, 0.2) is 48.8 Å². The lowest BCUT2D eigenvalue weighted by atomic mass is 9.68. The van der Waals surface area contributed by atoms with Crippen LogP contribution in [0, 0.1) is 17.7 Å². The Morgan fingerprint density at radius 3 is 2.48 bits per heavy atom. The van der Waals surface area contributed by atoms with Crippen molar-refractivity contribution in [2.75, 3.05) is 4.90 Å². The SMILES string of the molecule is CC[C@]1(C2CC2)[C@H](C)[C@@H](N)c2ccccc2N1C(C)=O.Fc1cccnc1. The van der Waals surface area contributed by atoms with Gasteiger partial charge in [0.15, 0.2) is 0 Å². The second kappa shape index (κ2) is 7.77. The molecule has 4 nitrogen and oxygen atoms in total. The Bertz CT molecular complexity index is 793. The second-order valence-corrected chi connectivity index (χ2v) is 7.52. The molecular formula is C22H28FN3O. The predicted octanol–water partition coefficient (Wildman–Crippen LogP) is 4.47. The zero-order valence-electron chi connectivity index (χ0n) is 16.2. The maximum Gasteiger partial charge on any atom is 0.224 e. The molecule has 0 saturated heterocycles. The van der Waals surface area contributed by atoms with E-state index in [4.69, 9.17) is 5.73 Å². The largest absolute Gasteiger partial charge is 0.324 e. The lowest BCUT2D eigenvalue weighted by Gasteiger charge is -2.54. The third-order valence-electron chi connectivity index (χ3n) is 6.07. The standard InChI is InChI=1S/C17H24N2O.C5H4FN/c1-4-17(13-9-10-13)11(2)16(18)14-7-5-6-8-15(14)19(17)12(3)20;6-5-2-1-3-7-4-5/h5-8,11,13,16H,4,9-10,18H2,1-3H3;1-4H/t11-,16-,17-;/m1./s1. The van der Waals surface area contributed by atoms with Crippen LogP contribution in [0.25, 0.3) is 0 Å². The van der Waals surface area contributed by atoms with Gasteiger partial charge in [0.2, 0.25) is 5.91 Å². The van der Waals surface area contributed by atoms with Gasteiger partial charge in [-0.3, -0.25) is 9.78 Å². The number of rotatable bonds is 2. The highest BCUT2D eigenvalue weighted by molar-refractivity contribution is 5.95. The fourth-order valence-corrected chi connectivity index (χ4v) is 4.69. The fraction of sp³-hybridized carbons (Fsp3) is 0.455. The molecule has 4 rings (SSSR count). The molecule has 27 heavy (non-hydrogen) atoms. The van der Waals surface area contributed by atoms with E-state index in [1.54, 1.807) is 13.0 Å². The number of anilines is 1. The number of amides is 1. The quantitative estimate of drug-likeness (QED) is 0.850. The number of nitrogens with zero attached hydrogens (tertiary/aromatic N) is 2. The van der Waals surface area contributed by atoms with E-state index in [0.29, 0.717) is 11.8 Å². The van der Waals surface area contributed by atoms with Crippen LogP contribution in [0.4, 0.5) is 10.1 Å². The van der Waals surface area contributed by atoms with Crippen molar-refractivity contribution in [2.24, 2.45) is 17.6 Å². The van der Waals surface area contributed by atoms with Gasteiger partial charge in [0.1, 0.15) is 5.82 Å². The molecule has 5 heteroatoms. The maximum atomic E-state index is 12.4. The van der Waals surface area contributed by atoms with Crippen LogP contribution in [0.3, 0.4) is 0 Å². The van der Waals surface area contributed by atoms with Crippen molar-refractivity contribution in [3.8, 4) is 0 Å². The summed E-state index contributed by atoms with van der Waals surface area (Å²) in [7, 11) is 0. The Morgan fingerprint density at radius 1 is 1.30 bits per heavy atom. The maximum absolute atomic E-state index is 12.4. The molecule has 0 bridgehead atoms. The van der Waals surface area contributed by atoms with E-state index in [1.165, 1.54) is 31.3 Å². The van der Waals surface area contributed by atoms with Gasteiger partial charge in [-0.1, -0.05) is 32.0 Å². The zero-order valence-corrected chi connectivity index (χ0v) is 16.2. The van der Waals surface area contributed by atoms with Gasteiger partial charge < -0.3 is 10.6 Å². The van der Waals surface area contributed by atoms with Gasteiger partial charge in [-0.15, -0.1) is 0 Å². The summed E-state index contributed by atoms with van der Waals surface area (Å²) < 4.78 is 11.8. The number of carbonyl (C=O) groups excluding carboxylic acids is 1. The zero-order chi connectivity index (χ0) is 19.6. The van der Waals surface area contributed by atoms with Crippen molar-refractivity contribution in [2.45, 2.75) is 51.6 Å². The summed E-state index contributed by atoms with van der Waals surface area (Å²) in [6, 6.07) is 11.1. The minimum atomic E-state index is -0.289. The van der Waals surface area contributed by atoms with E-state index in [1.807, 2.05) is 12.1 Å². The monoisotopic (exact) mass is 369 g/mol. The summed E-state index contributed by atoms with van der Waals surface area (Å²) in [6.45, 7) is 6.11. The molecule has 2 aliphatic rings. The van der Waals surface area contributed by atoms with E-state index in [-0.39, 0.29) is 23.3 Å². The van der Waals surface area contributed by atoms with Crippen molar-refractivity contribution in [1.82, 2.24) is 4.98 Å². The Morgan fingerprint density at radius 2 is 2.00 bits per heavy atom. The third kappa shape index (κ3) is 3.48. The van der Waals surface area contributed by atoms with Crippen LogP contribution in [-0.2, 0) is 4.79 Å². The second-order valence-electron chi connectivity index (χ2n) is 7.52. The molecule has 0 spiro atoms. The molecule has 1 aromatic carbocycles. The Balaban J connectivity index is 0.000000253. The molecule has 1 amide bonds. The molecular weight excluding hydrogens is 341 g/mol. The molecule has 2 heterocycles. The molecule has 2 aromatic rings. The molecule has 144 valence electrons. The molecule has 0 radical (unpaired) electrons. The number of para-hydroxylation sites is 1. The van der Waals surface area contributed by atoms with Gasteiger partial charge in [0.05, 0.1) is 11.7 Å². The van der Waals surface area contributed by atoms with Crippen LogP contribution in [0.5, 0.6) is 0 Å². The first-order valence-corrected chi connectivity index (χ1v) is 9.64. The van der Waals surface area contributed by atoms with E-state index in [2.05, 4.69) is 35.9 Å². The average Bonchev–Trinajstić information content (AvgIpc) is 3.51. The van der Waals surface area contributed by atoms with Gasteiger partial charge in [0.25, 0.3) is 0 Å². The van der Waals surface area contributed by atoms with Crippen molar-refractivity contribution < 1.29 is 9.18 Å². The van der Waals surface area contributed by atoms with Crippen LogP contribution in [0.1, 0.15) is 51.6 Å². The van der Waals surface area contributed by atoms with Gasteiger partial charge in [0, 0.05) is 24.8 Å². The number of hydrogen-bond acceptors (Lipinski definition) is 3. The minimum absolute atomic E-state index is 0.0161. The number of aromatic nitrogens is 1. The number of benzene rings is 1. The predicted molar refractivity (Wildman–Crippen MR) is 106 cm³/mol. The van der Waals surface area contributed by atoms with E-state index < -0.39 is 0 Å². The smallest absolute Gasteiger partial charge is 0.224 e. The first-order valence-electron chi connectivity index (χ1n) is 9.64. The number of halogens is 1. The Kier molecular flexibility index (Phi) is 5.61. The Labute approximate surface area is 160 Å². The summed E-state index contributed by atoms with van der Waals surface area (Å²) >= 11 is 0. The lowest BCUT2D eigenvalue weighted by Crippen LogP contribution is -2.62. The molecule has 1 aromatic heterocycles. The summed E-state index contributed by atoms with van der Waals surface area (Å²) in [6.07, 6.45) is 6.11. The summed E-state index contributed by atoms with van der Waals surface area (Å²) in [4.78, 5) is 18.0. The highest BCUT2D eigenvalue weighted by atomic mass is 19.1. The molecule has 1 saturated carbocycles. The summed E-state index contributed by atoms with van der Waals surface area (Å²) in [5, 5.41) is 0. The van der Waals surface area contributed by atoms with Gasteiger partial charge in [-0.05, 0) is 54.9 Å². The van der Waals surface area contributed by atoms with Crippen molar-refractivity contribution in [1.29, 1.82) is 0 Å². The van der Waals surface area contributed by atoms with Crippen molar-refractivity contribution in [3.05, 3.63) is 60.2 Å². The van der Waals surface area contributed by atoms with Crippen LogP contribution < -0.4 is 10.6 Å². The number of carbonyl (C=O) groups is 1. The van der Waals surface area contributed by atoms with Crippen molar-refractivity contribution in [3.63, 3.8) is 0 Å². The van der Waals surface area contributed by atoms with Crippen molar-refractivity contribution >= 4 is 11.6 Å². The lowest BCUT2D eigenvalue weighted by molar-refractivity contribution is -0.118. The number of hydrogen-bond donors (Lipinski definition) is 1. The highest BCUT2D eigenvalue weighted by Gasteiger charge is 2.57. The first kappa shape index (κ1) is 19.5. The van der Waals surface area contributed by atoms with Crippen LogP contribution >= 0.6 is 0 Å². The molecule has 3 atom stereocenters. The third-order valence-corrected chi connectivity index (χ3v) is 6.07. The van der Waals surface area contributed by atoms with Crippen LogP contribution in [-0.4, -0.2) is 16.4 Å². The molecule has 1 fully saturated rings. The van der Waals surface area contributed by atoms with Crippen LogP contribution in [0.2, 0.25) is 0 Å². The average molecular weight is 369 g/mol. The summed E-state index contributed by atoms with van der Waals surface area (Å²) in [5.41, 5.74) is 8.57. The van der Waals surface area contributed by atoms with E-state index >= 15 is 0 Å². The van der Waals surface area contributed by atoms with Gasteiger partial charge in [-0.2, -0.15) is 0 Å². The molecule has 1 aliphatic carbocycles. The number of fused-ring (bicyclic) bond motifs is 1. The fourth-order valence-electron chi connectivity index (χ4n) is 4.69. The van der Waals surface area contributed by atoms with Gasteiger partial charge in [-0.25, -0.2) is 4.39 Å². The first-order chi connectivity index (χ1) is 12.9.